The maximum atomic E-state index is 13.1. The molecule has 2 heterocycles. The van der Waals surface area contributed by atoms with Gasteiger partial charge in [0, 0.05) is 29.3 Å². The van der Waals surface area contributed by atoms with Gasteiger partial charge < -0.3 is 15.4 Å². The molecule has 1 aromatic heterocycles. The van der Waals surface area contributed by atoms with E-state index in [2.05, 4.69) is 25.0 Å². The molecule has 2 amide bonds. The van der Waals surface area contributed by atoms with Gasteiger partial charge in [-0.2, -0.15) is 9.36 Å². The maximum absolute atomic E-state index is 13.1. The monoisotopic (exact) mass is 484 g/mol. The van der Waals surface area contributed by atoms with E-state index in [1.807, 2.05) is 24.3 Å². The van der Waals surface area contributed by atoms with E-state index in [-0.39, 0.29) is 24.9 Å². The number of aryl methyl sites for hydroxylation is 1. The summed E-state index contributed by atoms with van der Waals surface area (Å²) < 4.78 is 9.78. The fourth-order valence-corrected chi connectivity index (χ4v) is 3.87. The number of anilines is 1. The molecule has 0 saturated carbocycles. The van der Waals surface area contributed by atoms with Crippen molar-refractivity contribution in [2.75, 3.05) is 18.9 Å². The number of ether oxygens (including phenoxy) is 1. The number of nitrogens with one attached hydrogen (secondary N) is 2. The third-order valence-electron chi connectivity index (χ3n) is 4.88. The molecule has 3 aromatic rings. The number of aromatic nitrogens is 2. The van der Waals surface area contributed by atoms with Crippen LogP contribution in [0.15, 0.2) is 53.5 Å². The molecule has 0 fully saturated rings. The zero-order valence-electron chi connectivity index (χ0n) is 17.9. The first-order chi connectivity index (χ1) is 15.9. The van der Waals surface area contributed by atoms with Gasteiger partial charge in [0.2, 0.25) is 17.8 Å². The van der Waals surface area contributed by atoms with Crippen LogP contribution < -0.4 is 15.4 Å². The molecule has 0 radical (unpaired) electrons. The van der Waals surface area contributed by atoms with E-state index < -0.39 is 5.92 Å². The van der Waals surface area contributed by atoms with Gasteiger partial charge in [-0.25, -0.2) is 0 Å². The van der Waals surface area contributed by atoms with E-state index in [9.17, 15) is 9.59 Å². The van der Waals surface area contributed by atoms with Crippen LogP contribution in [0.3, 0.4) is 0 Å². The summed E-state index contributed by atoms with van der Waals surface area (Å²) >= 11 is 7.16. The number of amides is 2. The maximum Gasteiger partial charge on any atom is 0.298 e. The summed E-state index contributed by atoms with van der Waals surface area (Å²) in [6.45, 7) is 2.11. The van der Waals surface area contributed by atoms with Gasteiger partial charge in [0.1, 0.15) is 17.5 Å². The van der Waals surface area contributed by atoms with Crippen LogP contribution in [0.25, 0.3) is 0 Å². The van der Waals surface area contributed by atoms with Crippen LogP contribution in [0.2, 0.25) is 5.02 Å². The van der Waals surface area contributed by atoms with Gasteiger partial charge >= 0.3 is 0 Å². The normalized spacial score (nSPS) is 15.7. The lowest BCUT2D eigenvalue weighted by atomic mass is 10.0. The van der Waals surface area contributed by atoms with E-state index >= 15 is 0 Å². The molecule has 170 valence electrons. The number of carbonyl (C=O) groups excluding carboxylic acids is 2. The second-order valence-corrected chi connectivity index (χ2v) is 8.39. The number of rotatable bonds is 6. The summed E-state index contributed by atoms with van der Waals surface area (Å²) in [7, 11) is 1.50. The SMILES string of the molecule is CNC(=O)C1CN=C(Nc2ccc(Oc3nc(C)ns3)cc2)N(Cc2ccc(Cl)cc2)C1=O. The molecule has 0 bridgehead atoms. The standard InChI is InChI=1S/C22H21ClN6O3S/c1-13-26-22(33-28-13)32-17-9-7-16(8-10-17)27-21-25-11-18(19(30)24-2)20(31)29(21)12-14-3-5-15(23)6-4-14/h3-10,18H,11-12H2,1-2H3,(H,24,30)(H,25,27). The van der Waals surface area contributed by atoms with Crippen molar-refractivity contribution < 1.29 is 14.3 Å². The van der Waals surface area contributed by atoms with Crippen LogP contribution in [0, 0.1) is 12.8 Å². The van der Waals surface area contributed by atoms with Gasteiger partial charge in [0.15, 0.2) is 0 Å². The highest BCUT2D eigenvalue weighted by atomic mass is 35.5. The number of hydrogen-bond donors (Lipinski definition) is 2. The van der Waals surface area contributed by atoms with Gasteiger partial charge in [0.05, 0.1) is 13.1 Å². The lowest BCUT2D eigenvalue weighted by molar-refractivity contribution is -0.139. The summed E-state index contributed by atoms with van der Waals surface area (Å²) in [6.07, 6.45) is 0. The van der Waals surface area contributed by atoms with Gasteiger partial charge in [-0.1, -0.05) is 23.7 Å². The smallest absolute Gasteiger partial charge is 0.298 e. The Morgan fingerprint density at radius 1 is 1.21 bits per heavy atom. The number of nitrogens with zero attached hydrogens (tertiary/aromatic N) is 4. The molecule has 1 atom stereocenters. The Morgan fingerprint density at radius 3 is 2.58 bits per heavy atom. The molecule has 11 heteroatoms. The van der Waals surface area contributed by atoms with Crippen molar-refractivity contribution in [3.63, 3.8) is 0 Å². The minimum Gasteiger partial charge on any atom is -0.430 e. The predicted molar refractivity (Wildman–Crippen MR) is 127 cm³/mol. The van der Waals surface area contributed by atoms with Crippen molar-refractivity contribution in [3.05, 3.63) is 64.9 Å². The van der Waals surface area contributed by atoms with Gasteiger partial charge in [0.25, 0.3) is 5.19 Å². The lowest BCUT2D eigenvalue weighted by Crippen LogP contribution is -2.52. The Morgan fingerprint density at radius 2 is 1.94 bits per heavy atom. The average molecular weight is 485 g/mol. The van der Waals surface area contributed by atoms with E-state index in [0.717, 1.165) is 5.56 Å². The van der Waals surface area contributed by atoms with Crippen LogP contribution in [-0.2, 0) is 16.1 Å². The molecular formula is C22H21ClN6O3S. The van der Waals surface area contributed by atoms with Gasteiger partial charge in [-0.3, -0.25) is 19.5 Å². The van der Waals surface area contributed by atoms with Crippen LogP contribution in [0.5, 0.6) is 10.9 Å². The van der Waals surface area contributed by atoms with Gasteiger partial charge in [-0.15, -0.1) is 0 Å². The Hall–Kier alpha value is -3.50. The molecule has 0 spiro atoms. The molecule has 1 aliphatic heterocycles. The highest BCUT2D eigenvalue weighted by Crippen LogP contribution is 2.25. The van der Waals surface area contributed by atoms with Crippen LogP contribution in [0.4, 0.5) is 5.69 Å². The van der Waals surface area contributed by atoms with Crippen LogP contribution in [-0.4, -0.2) is 45.6 Å². The largest absolute Gasteiger partial charge is 0.430 e. The second kappa shape index (κ2) is 9.97. The molecular weight excluding hydrogens is 464 g/mol. The number of aliphatic imine (C=N–C) groups is 1. The minimum atomic E-state index is -0.876. The minimum absolute atomic E-state index is 0.0650. The summed E-state index contributed by atoms with van der Waals surface area (Å²) in [5, 5.41) is 6.78. The number of carbonyl (C=O) groups is 2. The van der Waals surface area contributed by atoms with E-state index in [1.54, 1.807) is 31.2 Å². The van der Waals surface area contributed by atoms with Crippen molar-refractivity contribution in [3.8, 4) is 10.9 Å². The predicted octanol–water partition coefficient (Wildman–Crippen LogP) is 3.46. The van der Waals surface area contributed by atoms with E-state index in [4.69, 9.17) is 16.3 Å². The second-order valence-electron chi connectivity index (χ2n) is 7.24. The van der Waals surface area contributed by atoms with E-state index in [0.29, 0.717) is 33.4 Å². The molecule has 4 rings (SSSR count). The Balaban J connectivity index is 1.52. The van der Waals surface area contributed by atoms with Crippen molar-refractivity contribution in [2.45, 2.75) is 13.5 Å². The molecule has 33 heavy (non-hydrogen) atoms. The molecule has 2 N–H and O–H groups in total. The number of guanidine groups is 1. The fraction of sp³-hybridized carbons (Fsp3) is 0.227. The lowest BCUT2D eigenvalue weighted by Gasteiger charge is -2.31. The van der Waals surface area contributed by atoms with Crippen molar-refractivity contribution in [2.24, 2.45) is 10.9 Å². The highest BCUT2D eigenvalue weighted by Gasteiger charge is 2.36. The average Bonchev–Trinajstić information content (AvgIpc) is 3.22. The summed E-state index contributed by atoms with van der Waals surface area (Å²) in [5.41, 5.74) is 1.57. The summed E-state index contributed by atoms with van der Waals surface area (Å²) in [5.74, 6) is 0.0633. The quantitative estimate of drug-likeness (QED) is 0.518. The Bertz CT molecular complexity index is 1180. The Labute approximate surface area is 199 Å². The van der Waals surface area contributed by atoms with Crippen LogP contribution >= 0.6 is 23.1 Å². The van der Waals surface area contributed by atoms with Crippen LogP contribution in [0.1, 0.15) is 11.4 Å². The summed E-state index contributed by atoms with van der Waals surface area (Å²) in [4.78, 5) is 35.5. The zero-order valence-corrected chi connectivity index (χ0v) is 19.5. The molecule has 2 aromatic carbocycles. The fourth-order valence-electron chi connectivity index (χ4n) is 3.19. The number of halogens is 1. The van der Waals surface area contributed by atoms with Gasteiger partial charge in [-0.05, 0) is 48.9 Å². The first kappa shape index (κ1) is 22.7. The summed E-state index contributed by atoms with van der Waals surface area (Å²) in [6, 6.07) is 14.3. The molecule has 9 nitrogen and oxygen atoms in total. The van der Waals surface area contributed by atoms with Crippen molar-refractivity contribution >= 4 is 46.6 Å². The topological polar surface area (TPSA) is 109 Å². The third kappa shape index (κ3) is 5.47. The zero-order chi connectivity index (χ0) is 23.4. The molecule has 1 aliphatic rings. The number of hydrogen-bond acceptors (Lipinski definition) is 8. The Kier molecular flexibility index (Phi) is 6.85. The molecule has 1 unspecified atom stereocenters. The van der Waals surface area contributed by atoms with Crippen molar-refractivity contribution in [1.29, 1.82) is 0 Å². The number of benzene rings is 2. The highest BCUT2D eigenvalue weighted by molar-refractivity contribution is 7.07. The first-order valence-corrected chi connectivity index (χ1v) is 11.2. The molecule has 0 aliphatic carbocycles. The first-order valence-electron chi connectivity index (χ1n) is 10.1. The third-order valence-corrected chi connectivity index (χ3v) is 5.82. The van der Waals surface area contributed by atoms with E-state index in [1.165, 1.54) is 23.5 Å². The van der Waals surface area contributed by atoms with Crippen molar-refractivity contribution in [1.82, 2.24) is 19.6 Å². The molecule has 0 saturated heterocycles.